The highest BCUT2D eigenvalue weighted by Gasteiger charge is 2.58. The van der Waals surface area contributed by atoms with Crippen molar-refractivity contribution in [2.75, 3.05) is 13.2 Å². The molecule has 0 radical (unpaired) electrons. The maximum atomic E-state index is 14.3. The van der Waals surface area contributed by atoms with Crippen LogP contribution in [-0.4, -0.2) is 47.8 Å². The Kier molecular flexibility index (Phi) is 7.56. The lowest BCUT2D eigenvalue weighted by Gasteiger charge is -2.32. The molecule has 1 aromatic heterocycles. The number of likely N-dealkylation sites (tertiary alicyclic amines) is 1. The Morgan fingerprint density at radius 2 is 1.72 bits per heavy atom. The fourth-order valence-electron chi connectivity index (χ4n) is 6.12. The topological polar surface area (TPSA) is 75.7 Å². The van der Waals surface area contributed by atoms with Gasteiger partial charge in [-0.25, -0.2) is 0 Å². The number of Topliss-reactive ketones (excluding diaryl/α,β-unsaturated/α-hetero) is 1. The van der Waals surface area contributed by atoms with Gasteiger partial charge in [0.2, 0.25) is 11.8 Å². The summed E-state index contributed by atoms with van der Waals surface area (Å²) in [5.74, 6) is -1.67. The third kappa shape index (κ3) is 5.28. The van der Waals surface area contributed by atoms with Crippen LogP contribution in [-0.2, 0) is 14.3 Å². The van der Waals surface area contributed by atoms with Gasteiger partial charge in [0.1, 0.15) is 6.04 Å². The summed E-state index contributed by atoms with van der Waals surface area (Å²) in [7, 11) is 0. The number of thiophene rings is 1. The number of halogens is 1. The molecule has 1 aliphatic carbocycles. The minimum atomic E-state index is -0.847. The molecule has 2 aromatic carbocycles. The SMILES string of the molecule is O=C(c1cccs1)C1C(c2ccc(Cl)cc2)C(C(=O)NCC2CCCO2)N(C(=O)C2CC2)C1c1ccccc1. The molecular weight excluding hydrogens is 532 g/mol. The first-order valence-corrected chi connectivity index (χ1v) is 14.9. The fraction of sp³-hybridized carbons (Fsp3) is 0.387. The Labute approximate surface area is 237 Å². The first-order chi connectivity index (χ1) is 19.0. The molecule has 1 N–H and O–H groups in total. The van der Waals surface area contributed by atoms with Crippen molar-refractivity contribution in [1.82, 2.24) is 10.2 Å². The second-order valence-corrected chi connectivity index (χ2v) is 12.0. The van der Waals surface area contributed by atoms with Crippen LogP contribution >= 0.6 is 22.9 Å². The van der Waals surface area contributed by atoms with E-state index in [0.717, 1.165) is 36.8 Å². The summed E-state index contributed by atoms with van der Waals surface area (Å²) in [6.45, 7) is 1.07. The third-order valence-corrected chi connectivity index (χ3v) is 9.24. The van der Waals surface area contributed by atoms with Crippen LogP contribution < -0.4 is 5.32 Å². The molecule has 202 valence electrons. The Balaban J connectivity index is 1.49. The molecule has 8 heteroatoms. The first kappa shape index (κ1) is 26.2. The summed E-state index contributed by atoms with van der Waals surface area (Å²) in [6, 6.07) is 19.3. The highest BCUT2D eigenvalue weighted by molar-refractivity contribution is 7.12. The van der Waals surface area contributed by atoms with E-state index in [1.54, 1.807) is 17.0 Å². The number of ether oxygens (including phenoxy) is 1. The van der Waals surface area contributed by atoms with Gasteiger partial charge in [0, 0.05) is 30.0 Å². The van der Waals surface area contributed by atoms with Gasteiger partial charge in [-0.15, -0.1) is 11.3 Å². The van der Waals surface area contributed by atoms with Crippen LogP contribution in [0.15, 0.2) is 72.1 Å². The maximum Gasteiger partial charge on any atom is 0.243 e. The molecule has 39 heavy (non-hydrogen) atoms. The number of hydrogen-bond donors (Lipinski definition) is 1. The van der Waals surface area contributed by atoms with Crippen LogP contribution in [0.25, 0.3) is 0 Å². The van der Waals surface area contributed by atoms with E-state index in [1.807, 2.05) is 60.0 Å². The summed E-state index contributed by atoms with van der Waals surface area (Å²) < 4.78 is 5.75. The number of nitrogens with zero attached hydrogens (tertiary/aromatic N) is 1. The monoisotopic (exact) mass is 562 g/mol. The van der Waals surface area contributed by atoms with Gasteiger partial charge in [0.15, 0.2) is 5.78 Å². The van der Waals surface area contributed by atoms with Gasteiger partial charge in [-0.05, 0) is 60.4 Å². The summed E-state index contributed by atoms with van der Waals surface area (Å²) >= 11 is 7.64. The van der Waals surface area contributed by atoms with Gasteiger partial charge in [-0.1, -0.05) is 60.1 Å². The lowest BCUT2D eigenvalue weighted by Crippen LogP contribution is -2.50. The van der Waals surface area contributed by atoms with Gasteiger partial charge in [0.25, 0.3) is 0 Å². The van der Waals surface area contributed by atoms with Crippen LogP contribution in [0.4, 0.5) is 0 Å². The second-order valence-electron chi connectivity index (χ2n) is 10.6. The van der Waals surface area contributed by atoms with Crippen molar-refractivity contribution in [3.63, 3.8) is 0 Å². The largest absolute Gasteiger partial charge is 0.376 e. The zero-order chi connectivity index (χ0) is 26.9. The van der Waals surface area contributed by atoms with E-state index in [0.29, 0.717) is 23.1 Å². The van der Waals surface area contributed by atoms with Crippen LogP contribution in [0.3, 0.4) is 0 Å². The van der Waals surface area contributed by atoms with Crippen molar-refractivity contribution in [3.05, 3.63) is 93.1 Å². The molecule has 3 heterocycles. The minimum absolute atomic E-state index is 0.0367. The van der Waals surface area contributed by atoms with E-state index < -0.39 is 23.9 Å². The summed E-state index contributed by atoms with van der Waals surface area (Å²) in [4.78, 5) is 44.9. The standard InChI is InChI=1S/C31H31ClN2O4S/c32-22-14-12-19(13-15-22)25-26(29(35)24-9-5-17-39-24)27(20-6-2-1-3-7-20)34(31(37)21-10-11-21)28(25)30(36)33-18-23-8-4-16-38-23/h1-3,5-7,9,12-15,17,21,23,25-28H,4,8,10-11,16,18H2,(H,33,36). The zero-order valence-electron chi connectivity index (χ0n) is 21.5. The van der Waals surface area contributed by atoms with E-state index in [-0.39, 0.29) is 29.6 Å². The van der Waals surface area contributed by atoms with Crippen molar-refractivity contribution in [1.29, 1.82) is 0 Å². The normalized spacial score (nSPS) is 26.5. The number of nitrogens with one attached hydrogen (secondary N) is 1. The molecule has 6 rings (SSSR count). The van der Waals surface area contributed by atoms with E-state index >= 15 is 0 Å². The molecule has 2 amide bonds. The molecule has 1 saturated carbocycles. The Hall–Kier alpha value is -3.00. The van der Waals surface area contributed by atoms with Crippen molar-refractivity contribution >= 4 is 40.5 Å². The number of carbonyl (C=O) groups is 3. The Bertz CT molecular complexity index is 1320. The number of carbonyl (C=O) groups excluding carboxylic acids is 3. The molecular formula is C31H31ClN2O4S. The highest BCUT2D eigenvalue weighted by atomic mass is 35.5. The maximum absolute atomic E-state index is 14.3. The van der Waals surface area contributed by atoms with Crippen molar-refractivity contribution in [2.45, 2.75) is 49.8 Å². The fourth-order valence-corrected chi connectivity index (χ4v) is 6.96. The van der Waals surface area contributed by atoms with Crippen LogP contribution in [0, 0.1) is 11.8 Å². The van der Waals surface area contributed by atoms with Crippen LogP contribution in [0.1, 0.15) is 58.4 Å². The summed E-state index contributed by atoms with van der Waals surface area (Å²) in [5.41, 5.74) is 1.67. The number of hydrogen-bond acceptors (Lipinski definition) is 5. The molecule has 6 nitrogen and oxygen atoms in total. The highest BCUT2D eigenvalue weighted by Crippen LogP contribution is 2.53. The van der Waals surface area contributed by atoms with E-state index in [1.165, 1.54) is 11.3 Å². The zero-order valence-corrected chi connectivity index (χ0v) is 23.1. The van der Waals surface area contributed by atoms with E-state index in [9.17, 15) is 14.4 Å². The molecule has 5 atom stereocenters. The summed E-state index contributed by atoms with van der Waals surface area (Å²) in [6.07, 6.45) is 3.43. The van der Waals surface area contributed by atoms with Crippen molar-refractivity contribution < 1.29 is 19.1 Å². The number of rotatable bonds is 8. The Morgan fingerprint density at radius 1 is 0.949 bits per heavy atom. The van der Waals surface area contributed by atoms with Gasteiger partial charge in [-0.2, -0.15) is 0 Å². The van der Waals surface area contributed by atoms with E-state index in [2.05, 4.69) is 5.32 Å². The molecule has 5 unspecified atom stereocenters. The van der Waals surface area contributed by atoms with Crippen molar-refractivity contribution in [2.24, 2.45) is 11.8 Å². The summed E-state index contributed by atoms with van der Waals surface area (Å²) in [5, 5.41) is 5.55. The number of benzene rings is 2. The third-order valence-electron chi connectivity index (χ3n) is 8.11. The average molecular weight is 563 g/mol. The van der Waals surface area contributed by atoms with Gasteiger partial charge in [0.05, 0.1) is 22.9 Å². The first-order valence-electron chi connectivity index (χ1n) is 13.6. The minimum Gasteiger partial charge on any atom is -0.376 e. The van der Waals surface area contributed by atoms with E-state index in [4.69, 9.17) is 16.3 Å². The smallest absolute Gasteiger partial charge is 0.243 e. The Morgan fingerprint density at radius 3 is 2.36 bits per heavy atom. The molecule has 3 fully saturated rings. The number of amides is 2. The van der Waals surface area contributed by atoms with Crippen LogP contribution in [0.2, 0.25) is 5.02 Å². The quantitative estimate of drug-likeness (QED) is 0.360. The molecule has 0 bridgehead atoms. The average Bonchev–Trinajstić information content (AvgIpc) is 3.33. The van der Waals surface area contributed by atoms with Crippen LogP contribution in [0.5, 0.6) is 0 Å². The molecule has 3 aliphatic rings. The lowest BCUT2D eigenvalue weighted by molar-refractivity contribution is -0.142. The number of ketones is 1. The molecule has 2 aliphatic heterocycles. The predicted octanol–water partition coefficient (Wildman–Crippen LogP) is 5.64. The molecule has 2 saturated heterocycles. The molecule has 0 spiro atoms. The van der Waals surface area contributed by atoms with Gasteiger partial charge < -0.3 is 15.0 Å². The lowest BCUT2D eigenvalue weighted by atomic mass is 9.77. The van der Waals surface area contributed by atoms with Gasteiger partial charge in [-0.3, -0.25) is 14.4 Å². The van der Waals surface area contributed by atoms with Gasteiger partial charge >= 0.3 is 0 Å². The second kappa shape index (κ2) is 11.2. The van der Waals surface area contributed by atoms with Crippen molar-refractivity contribution in [3.8, 4) is 0 Å². The molecule has 3 aromatic rings. The predicted molar refractivity (Wildman–Crippen MR) is 151 cm³/mol.